The summed E-state index contributed by atoms with van der Waals surface area (Å²) in [4.78, 5) is 21.3. The van der Waals surface area contributed by atoms with Gasteiger partial charge in [0.05, 0.1) is 36.0 Å². The molecule has 0 radical (unpaired) electrons. The molecule has 1 atom stereocenters. The lowest BCUT2D eigenvalue weighted by atomic mass is 10.2. The number of rotatable bonds is 3. The zero-order chi connectivity index (χ0) is 19.0. The van der Waals surface area contributed by atoms with E-state index in [1.54, 1.807) is 17.0 Å². The van der Waals surface area contributed by atoms with Crippen molar-refractivity contribution in [1.82, 2.24) is 9.88 Å². The summed E-state index contributed by atoms with van der Waals surface area (Å²) in [5.41, 5.74) is 0.488. The maximum absolute atomic E-state index is 12.7. The van der Waals surface area contributed by atoms with Crippen LogP contribution in [0.5, 0.6) is 0 Å². The number of amides is 1. The van der Waals surface area contributed by atoms with Crippen molar-refractivity contribution < 1.29 is 22.7 Å². The first-order valence-electron chi connectivity index (χ1n) is 8.76. The number of benzene rings is 1. The van der Waals surface area contributed by atoms with E-state index in [9.17, 15) is 13.2 Å². The number of carbonyl (C=O) groups is 1. The van der Waals surface area contributed by atoms with Crippen molar-refractivity contribution in [3.8, 4) is 0 Å². The van der Waals surface area contributed by atoms with E-state index in [1.165, 1.54) is 17.6 Å². The molecule has 27 heavy (non-hydrogen) atoms. The zero-order valence-corrected chi connectivity index (χ0v) is 16.6. The van der Waals surface area contributed by atoms with Gasteiger partial charge in [0.2, 0.25) is 0 Å². The van der Waals surface area contributed by atoms with Gasteiger partial charge in [0.15, 0.2) is 21.1 Å². The van der Waals surface area contributed by atoms with E-state index in [1.807, 2.05) is 11.0 Å². The van der Waals surface area contributed by atoms with Gasteiger partial charge in [-0.2, -0.15) is 0 Å². The van der Waals surface area contributed by atoms with Gasteiger partial charge in [-0.25, -0.2) is 13.4 Å². The van der Waals surface area contributed by atoms with Crippen LogP contribution < -0.4 is 4.90 Å². The van der Waals surface area contributed by atoms with E-state index < -0.39 is 15.9 Å². The number of morpholine rings is 2. The second-order valence-electron chi connectivity index (χ2n) is 6.61. The fourth-order valence-electron chi connectivity index (χ4n) is 3.31. The van der Waals surface area contributed by atoms with Crippen LogP contribution in [0.15, 0.2) is 23.1 Å². The largest absolute Gasteiger partial charge is 0.378 e. The highest BCUT2D eigenvalue weighted by Gasteiger charge is 2.32. The molecule has 1 unspecified atom stereocenters. The molecule has 146 valence electrons. The summed E-state index contributed by atoms with van der Waals surface area (Å²) >= 11 is 1.43. The van der Waals surface area contributed by atoms with Crippen molar-refractivity contribution in [3.63, 3.8) is 0 Å². The second-order valence-corrected chi connectivity index (χ2v) is 9.61. The molecule has 4 rings (SSSR count). The summed E-state index contributed by atoms with van der Waals surface area (Å²) in [6.45, 7) is 3.71. The molecule has 0 bridgehead atoms. The summed E-state index contributed by atoms with van der Waals surface area (Å²) in [6, 6.07) is 5.16. The monoisotopic (exact) mass is 411 g/mol. The number of para-hydroxylation sites is 1. The van der Waals surface area contributed by atoms with Crippen molar-refractivity contribution in [1.29, 1.82) is 0 Å². The minimum absolute atomic E-state index is 0.0269. The molecule has 8 nitrogen and oxygen atoms in total. The van der Waals surface area contributed by atoms with Crippen molar-refractivity contribution in [3.05, 3.63) is 18.2 Å². The third kappa shape index (κ3) is 3.79. The number of thiazole rings is 1. The molecule has 0 N–H and O–H groups in total. The third-order valence-electron chi connectivity index (χ3n) is 4.71. The number of aromatic nitrogens is 1. The molecule has 1 aromatic carbocycles. The predicted molar refractivity (Wildman–Crippen MR) is 102 cm³/mol. The average Bonchev–Trinajstić information content (AvgIpc) is 3.11. The molecule has 2 fully saturated rings. The van der Waals surface area contributed by atoms with Gasteiger partial charge in [-0.15, -0.1) is 0 Å². The first-order valence-corrected chi connectivity index (χ1v) is 11.5. The Labute approximate surface area is 161 Å². The van der Waals surface area contributed by atoms with Gasteiger partial charge >= 0.3 is 0 Å². The lowest BCUT2D eigenvalue weighted by Gasteiger charge is -2.36. The van der Waals surface area contributed by atoms with Crippen molar-refractivity contribution in [2.75, 3.05) is 57.2 Å². The SMILES string of the molecule is CS(=O)(=O)c1cccc2sc(N3CCOC(C(=O)N4CCOCC4)C3)nc12. The smallest absolute Gasteiger partial charge is 0.253 e. The summed E-state index contributed by atoms with van der Waals surface area (Å²) in [7, 11) is -3.36. The number of hydrogen-bond donors (Lipinski definition) is 0. The number of carbonyl (C=O) groups excluding carboxylic acids is 1. The van der Waals surface area contributed by atoms with Gasteiger partial charge < -0.3 is 19.3 Å². The summed E-state index contributed by atoms with van der Waals surface area (Å²) < 4.78 is 35.9. The quantitative estimate of drug-likeness (QED) is 0.737. The van der Waals surface area contributed by atoms with Crippen LogP contribution in [-0.4, -0.2) is 82.6 Å². The number of ether oxygens (including phenoxy) is 2. The maximum Gasteiger partial charge on any atom is 0.253 e. The summed E-state index contributed by atoms with van der Waals surface area (Å²) in [6.07, 6.45) is 0.644. The van der Waals surface area contributed by atoms with Gasteiger partial charge in [0.25, 0.3) is 5.91 Å². The fraction of sp³-hybridized carbons (Fsp3) is 0.529. The molecule has 3 heterocycles. The molecule has 1 amide bonds. The first kappa shape index (κ1) is 18.6. The number of nitrogens with zero attached hydrogens (tertiary/aromatic N) is 3. The predicted octanol–water partition coefficient (Wildman–Crippen LogP) is 0.764. The Morgan fingerprint density at radius 2 is 2.00 bits per heavy atom. The topological polar surface area (TPSA) is 89.0 Å². The Bertz CT molecular complexity index is 953. The Kier molecular flexibility index (Phi) is 5.06. The van der Waals surface area contributed by atoms with Gasteiger partial charge in [-0.05, 0) is 12.1 Å². The van der Waals surface area contributed by atoms with Crippen LogP contribution in [0.2, 0.25) is 0 Å². The zero-order valence-electron chi connectivity index (χ0n) is 15.0. The van der Waals surface area contributed by atoms with Gasteiger partial charge in [0.1, 0.15) is 5.52 Å². The van der Waals surface area contributed by atoms with Crippen molar-refractivity contribution in [2.45, 2.75) is 11.0 Å². The van der Waals surface area contributed by atoms with Crippen LogP contribution in [0.3, 0.4) is 0 Å². The summed E-state index contributed by atoms with van der Waals surface area (Å²) in [5.74, 6) is -0.0269. The lowest BCUT2D eigenvalue weighted by molar-refractivity contribution is -0.148. The normalized spacial score (nSPS) is 21.6. The van der Waals surface area contributed by atoms with Crippen LogP contribution >= 0.6 is 11.3 Å². The van der Waals surface area contributed by atoms with Crippen molar-refractivity contribution >= 4 is 42.4 Å². The average molecular weight is 412 g/mol. The fourth-order valence-corrected chi connectivity index (χ4v) is 5.23. The Morgan fingerprint density at radius 1 is 1.22 bits per heavy atom. The molecule has 2 saturated heterocycles. The molecule has 2 aromatic rings. The third-order valence-corrected chi connectivity index (χ3v) is 6.92. The molecule has 0 saturated carbocycles. The number of sulfone groups is 1. The van der Waals surface area contributed by atoms with Crippen LogP contribution in [0.25, 0.3) is 10.2 Å². The maximum atomic E-state index is 12.7. The highest BCUT2D eigenvalue weighted by atomic mass is 32.2. The van der Waals surface area contributed by atoms with Gasteiger partial charge in [0, 0.05) is 25.9 Å². The van der Waals surface area contributed by atoms with E-state index in [-0.39, 0.29) is 10.8 Å². The van der Waals surface area contributed by atoms with E-state index in [0.29, 0.717) is 56.6 Å². The van der Waals surface area contributed by atoms with Gasteiger partial charge in [-0.1, -0.05) is 17.4 Å². The molecule has 10 heteroatoms. The Balaban J connectivity index is 1.57. The van der Waals surface area contributed by atoms with Crippen LogP contribution in [0, 0.1) is 0 Å². The van der Waals surface area contributed by atoms with E-state index >= 15 is 0 Å². The van der Waals surface area contributed by atoms with Crippen LogP contribution in [-0.2, 0) is 24.1 Å². The number of anilines is 1. The second kappa shape index (κ2) is 7.34. The standard InChI is InChI=1S/C17H21N3O5S2/c1-27(22,23)14-4-2-3-13-15(14)18-17(26-13)20-7-10-25-12(11-20)16(21)19-5-8-24-9-6-19/h2-4,12H,5-11H2,1H3. The number of fused-ring (bicyclic) bond motifs is 1. The Morgan fingerprint density at radius 3 is 2.74 bits per heavy atom. The molecule has 2 aliphatic heterocycles. The molecule has 0 aliphatic carbocycles. The minimum atomic E-state index is -3.36. The lowest BCUT2D eigenvalue weighted by Crippen LogP contribution is -2.53. The molecule has 1 aromatic heterocycles. The number of hydrogen-bond acceptors (Lipinski definition) is 8. The molecular formula is C17H21N3O5S2. The van der Waals surface area contributed by atoms with E-state index in [2.05, 4.69) is 4.98 Å². The molecule has 0 spiro atoms. The minimum Gasteiger partial charge on any atom is -0.378 e. The highest BCUT2D eigenvalue weighted by molar-refractivity contribution is 7.91. The first-order chi connectivity index (χ1) is 12.9. The van der Waals surface area contributed by atoms with Gasteiger partial charge in [-0.3, -0.25) is 4.79 Å². The van der Waals surface area contributed by atoms with E-state index in [4.69, 9.17) is 9.47 Å². The Hall–Kier alpha value is -1.75. The van der Waals surface area contributed by atoms with E-state index in [0.717, 1.165) is 4.70 Å². The van der Waals surface area contributed by atoms with Crippen LogP contribution in [0.4, 0.5) is 5.13 Å². The molecular weight excluding hydrogens is 390 g/mol. The summed E-state index contributed by atoms with van der Waals surface area (Å²) in [5, 5.41) is 0.712. The molecule has 2 aliphatic rings. The highest BCUT2D eigenvalue weighted by Crippen LogP contribution is 2.33. The van der Waals surface area contributed by atoms with Crippen molar-refractivity contribution in [2.24, 2.45) is 0 Å². The van der Waals surface area contributed by atoms with Crippen LogP contribution in [0.1, 0.15) is 0 Å².